The van der Waals surface area contributed by atoms with Gasteiger partial charge < -0.3 is 10.5 Å². The van der Waals surface area contributed by atoms with Crippen LogP contribution in [0.2, 0.25) is 0 Å². The van der Waals surface area contributed by atoms with Crippen molar-refractivity contribution in [3.05, 3.63) is 35.4 Å². The van der Waals surface area contributed by atoms with Crippen LogP contribution in [0.25, 0.3) is 0 Å². The number of hydrogen-bond donors (Lipinski definition) is 1. The molecule has 0 spiro atoms. The number of carbonyl (C=O) groups is 1. The zero-order valence-corrected chi connectivity index (χ0v) is 8.62. The molecule has 0 aliphatic carbocycles. The van der Waals surface area contributed by atoms with E-state index in [1.807, 2.05) is 12.1 Å². The summed E-state index contributed by atoms with van der Waals surface area (Å²) in [7, 11) is 0. The number of Topliss-reactive ketones (excluding diaryl/α,β-unsaturated/α-hetero) is 1. The number of ketones is 1. The van der Waals surface area contributed by atoms with E-state index in [0.29, 0.717) is 13.0 Å². The molecular weight excluding hydrogens is 174 g/mol. The third-order valence-electron chi connectivity index (χ3n) is 2.25. The maximum Gasteiger partial charge on any atom is 0.129 e. The molecule has 0 atom stereocenters. The second-order valence-electron chi connectivity index (χ2n) is 3.58. The Hall–Kier alpha value is -1.15. The van der Waals surface area contributed by atoms with Crippen molar-refractivity contribution in [3.8, 4) is 0 Å². The van der Waals surface area contributed by atoms with Crippen LogP contribution in [0.1, 0.15) is 30.9 Å². The Kier molecular flexibility index (Phi) is 4.33. The highest BCUT2D eigenvalue weighted by Crippen LogP contribution is 2.07. The standard InChI is InChI=1S/C12H17NO/c1-10(14)3-2-4-11-5-7-12(9-13)8-6-11/h5-8H,2-4,9,13H2,1H3. The molecule has 2 N–H and O–H groups in total. The van der Waals surface area contributed by atoms with E-state index in [1.165, 1.54) is 5.56 Å². The number of nitrogens with two attached hydrogens (primary N) is 1. The van der Waals surface area contributed by atoms with Gasteiger partial charge in [0.25, 0.3) is 0 Å². The fourth-order valence-corrected chi connectivity index (χ4v) is 1.38. The summed E-state index contributed by atoms with van der Waals surface area (Å²) >= 11 is 0. The van der Waals surface area contributed by atoms with E-state index in [4.69, 9.17) is 5.73 Å². The summed E-state index contributed by atoms with van der Waals surface area (Å²) in [4.78, 5) is 10.7. The quantitative estimate of drug-likeness (QED) is 0.774. The summed E-state index contributed by atoms with van der Waals surface area (Å²) in [6.07, 6.45) is 2.60. The molecule has 0 fully saturated rings. The molecule has 0 bridgehead atoms. The van der Waals surface area contributed by atoms with Gasteiger partial charge in [-0.2, -0.15) is 0 Å². The average molecular weight is 191 g/mol. The van der Waals surface area contributed by atoms with Crippen LogP contribution in [-0.2, 0) is 17.8 Å². The highest BCUT2D eigenvalue weighted by atomic mass is 16.1. The molecule has 0 radical (unpaired) electrons. The lowest BCUT2D eigenvalue weighted by atomic mass is 10.1. The molecule has 14 heavy (non-hydrogen) atoms. The molecule has 0 saturated carbocycles. The topological polar surface area (TPSA) is 43.1 Å². The molecule has 2 nitrogen and oxygen atoms in total. The third-order valence-corrected chi connectivity index (χ3v) is 2.25. The molecular formula is C12H17NO. The zero-order chi connectivity index (χ0) is 10.4. The number of rotatable bonds is 5. The smallest absolute Gasteiger partial charge is 0.129 e. The fraction of sp³-hybridized carbons (Fsp3) is 0.417. The predicted octanol–water partition coefficient (Wildman–Crippen LogP) is 2.06. The number of carbonyl (C=O) groups excluding carboxylic acids is 1. The fourth-order valence-electron chi connectivity index (χ4n) is 1.38. The Labute approximate surface area is 85.1 Å². The van der Waals surface area contributed by atoms with Gasteiger partial charge in [0.1, 0.15) is 5.78 Å². The van der Waals surface area contributed by atoms with Crippen molar-refractivity contribution in [3.63, 3.8) is 0 Å². The Morgan fingerprint density at radius 3 is 2.29 bits per heavy atom. The van der Waals surface area contributed by atoms with E-state index < -0.39 is 0 Å². The van der Waals surface area contributed by atoms with Gasteiger partial charge in [0.05, 0.1) is 0 Å². The van der Waals surface area contributed by atoms with Crippen molar-refractivity contribution in [2.24, 2.45) is 5.73 Å². The molecule has 76 valence electrons. The Morgan fingerprint density at radius 1 is 1.21 bits per heavy atom. The van der Waals surface area contributed by atoms with Crippen molar-refractivity contribution >= 4 is 5.78 Å². The molecule has 0 saturated heterocycles. The molecule has 0 aromatic heterocycles. The molecule has 1 aromatic rings. The van der Waals surface area contributed by atoms with Crippen molar-refractivity contribution in [2.45, 2.75) is 32.7 Å². The normalized spacial score (nSPS) is 10.1. The van der Waals surface area contributed by atoms with Crippen molar-refractivity contribution < 1.29 is 4.79 Å². The minimum atomic E-state index is 0.267. The van der Waals surface area contributed by atoms with Gasteiger partial charge in [-0.05, 0) is 30.9 Å². The van der Waals surface area contributed by atoms with Crippen LogP contribution >= 0.6 is 0 Å². The van der Waals surface area contributed by atoms with E-state index in [0.717, 1.165) is 18.4 Å². The van der Waals surface area contributed by atoms with Crippen LogP contribution in [0.15, 0.2) is 24.3 Å². The maximum absolute atomic E-state index is 10.7. The molecule has 1 rings (SSSR count). The second kappa shape index (κ2) is 5.55. The molecule has 2 heteroatoms. The first-order chi connectivity index (χ1) is 6.72. The molecule has 0 unspecified atom stereocenters. The van der Waals surface area contributed by atoms with Gasteiger partial charge >= 0.3 is 0 Å². The number of benzene rings is 1. The van der Waals surface area contributed by atoms with E-state index in [2.05, 4.69) is 12.1 Å². The number of hydrogen-bond acceptors (Lipinski definition) is 2. The van der Waals surface area contributed by atoms with Crippen molar-refractivity contribution in [2.75, 3.05) is 0 Å². The van der Waals surface area contributed by atoms with E-state index in [9.17, 15) is 4.79 Å². The maximum atomic E-state index is 10.7. The minimum absolute atomic E-state index is 0.267. The van der Waals surface area contributed by atoms with E-state index in [-0.39, 0.29) is 5.78 Å². The molecule has 1 aromatic carbocycles. The van der Waals surface area contributed by atoms with Crippen LogP contribution in [0.3, 0.4) is 0 Å². The lowest BCUT2D eigenvalue weighted by molar-refractivity contribution is -0.117. The second-order valence-corrected chi connectivity index (χ2v) is 3.58. The molecule has 0 heterocycles. The van der Waals surface area contributed by atoms with Gasteiger partial charge in [-0.15, -0.1) is 0 Å². The summed E-state index contributed by atoms with van der Waals surface area (Å²) in [5, 5.41) is 0. The van der Waals surface area contributed by atoms with Crippen LogP contribution in [0.4, 0.5) is 0 Å². The van der Waals surface area contributed by atoms with Gasteiger partial charge in [-0.25, -0.2) is 0 Å². The van der Waals surface area contributed by atoms with Gasteiger partial charge in [-0.1, -0.05) is 24.3 Å². The molecule has 0 aliphatic heterocycles. The van der Waals surface area contributed by atoms with Crippen molar-refractivity contribution in [1.29, 1.82) is 0 Å². The van der Waals surface area contributed by atoms with E-state index in [1.54, 1.807) is 6.92 Å². The van der Waals surface area contributed by atoms with Gasteiger partial charge in [0.15, 0.2) is 0 Å². The van der Waals surface area contributed by atoms with Crippen LogP contribution in [0.5, 0.6) is 0 Å². The summed E-state index contributed by atoms with van der Waals surface area (Å²) in [5.41, 5.74) is 7.93. The Morgan fingerprint density at radius 2 is 1.79 bits per heavy atom. The summed E-state index contributed by atoms with van der Waals surface area (Å²) in [6.45, 7) is 2.23. The van der Waals surface area contributed by atoms with Crippen LogP contribution in [0, 0.1) is 0 Å². The monoisotopic (exact) mass is 191 g/mol. The van der Waals surface area contributed by atoms with Crippen LogP contribution < -0.4 is 5.73 Å². The van der Waals surface area contributed by atoms with Crippen molar-refractivity contribution in [1.82, 2.24) is 0 Å². The first kappa shape index (κ1) is 10.9. The molecule has 0 amide bonds. The molecule has 0 aliphatic rings. The summed E-state index contributed by atoms with van der Waals surface area (Å²) in [6, 6.07) is 8.26. The first-order valence-corrected chi connectivity index (χ1v) is 4.99. The lowest BCUT2D eigenvalue weighted by Crippen LogP contribution is -1.96. The zero-order valence-electron chi connectivity index (χ0n) is 8.62. The SMILES string of the molecule is CC(=O)CCCc1ccc(CN)cc1. The largest absolute Gasteiger partial charge is 0.326 e. The van der Waals surface area contributed by atoms with Crippen LogP contribution in [-0.4, -0.2) is 5.78 Å². The summed E-state index contributed by atoms with van der Waals surface area (Å²) < 4.78 is 0. The van der Waals surface area contributed by atoms with Gasteiger partial charge in [0, 0.05) is 13.0 Å². The van der Waals surface area contributed by atoms with Gasteiger partial charge in [0.2, 0.25) is 0 Å². The highest BCUT2D eigenvalue weighted by Gasteiger charge is 1.96. The first-order valence-electron chi connectivity index (χ1n) is 4.99. The lowest BCUT2D eigenvalue weighted by Gasteiger charge is -2.01. The third kappa shape index (κ3) is 3.71. The van der Waals surface area contributed by atoms with E-state index >= 15 is 0 Å². The Balaban J connectivity index is 2.40. The highest BCUT2D eigenvalue weighted by molar-refractivity contribution is 5.75. The number of aryl methyl sites for hydroxylation is 1. The average Bonchev–Trinajstić information content (AvgIpc) is 2.18. The predicted molar refractivity (Wildman–Crippen MR) is 58.0 cm³/mol. The van der Waals surface area contributed by atoms with Gasteiger partial charge in [-0.3, -0.25) is 0 Å². The minimum Gasteiger partial charge on any atom is -0.326 e. The summed E-state index contributed by atoms with van der Waals surface area (Å²) in [5.74, 6) is 0.267. The Bertz CT molecular complexity index is 290.